The molecule has 6 heteroatoms. The molecular weight excluding hydrogens is 319 g/mol. The lowest BCUT2D eigenvalue weighted by atomic mass is 10.2. The molecule has 0 saturated heterocycles. The van der Waals surface area contributed by atoms with E-state index in [9.17, 15) is 9.18 Å². The van der Waals surface area contributed by atoms with Crippen LogP contribution in [0.2, 0.25) is 0 Å². The first kappa shape index (κ1) is 15.1. The summed E-state index contributed by atoms with van der Waals surface area (Å²) in [5.41, 5.74) is 2.86. The fourth-order valence-corrected chi connectivity index (χ4v) is 2.71. The second kappa shape index (κ2) is 6.24. The molecule has 25 heavy (non-hydrogen) atoms. The molecule has 0 unspecified atom stereocenters. The number of hydrogen-bond acceptors (Lipinski definition) is 2. The third-order valence-electron chi connectivity index (χ3n) is 4.01. The molecule has 2 N–H and O–H groups in total. The van der Waals surface area contributed by atoms with Crippen LogP contribution in [0.4, 0.5) is 4.39 Å². The number of benzene rings is 2. The number of rotatable bonds is 4. The Bertz CT molecular complexity index is 1020. The lowest BCUT2D eigenvalue weighted by molar-refractivity contribution is 0.0947. The van der Waals surface area contributed by atoms with Gasteiger partial charge in [0.2, 0.25) is 0 Å². The zero-order chi connectivity index (χ0) is 17.2. The molecule has 2 aromatic heterocycles. The average Bonchev–Trinajstić information content (AvgIpc) is 3.30. The summed E-state index contributed by atoms with van der Waals surface area (Å²) in [4.78, 5) is 15.2. The molecule has 0 aliphatic rings. The summed E-state index contributed by atoms with van der Waals surface area (Å²) in [7, 11) is 0. The van der Waals surface area contributed by atoms with Gasteiger partial charge in [-0.1, -0.05) is 18.2 Å². The minimum absolute atomic E-state index is 0.272. The minimum atomic E-state index is -0.345. The fraction of sp³-hybridized carbons (Fsp3) is 0.0526. The summed E-state index contributed by atoms with van der Waals surface area (Å²) in [6.45, 7) is 0.385. The van der Waals surface area contributed by atoms with Crippen molar-refractivity contribution in [1.29, 1.82) is 0 Å². The maximum atomic E-state index is 13.7. The SMILES string of the molecule is O=C(NCc1ccc(-n2cccn2)cc1)c1cc2c(F)cccc2[nH]1. The number of halogens is 1. The molecule has 0 fully saturated rings. The Morgan fingerprint density at radius 2 is 2.00 bits per heavy atom. The summed E-state index contributed by atoms with van der Waals surface area (Å²) in [5.74, 6) is -0.617. The number of carbonyl (C=O) groups is 1. The van der Waals surface area contributed by atoms with E-state index in [-0.39, 0.29) is 11.7 Å². The van der Waals surface area contributed by atoms with Crippen molar-refractivity contribution in [1.82, 2.24) is 20.1 Å². The quantitative estimate of drug-likeness (QED) is 0.601. The molecule has 2 heterocycles. The lowest BCUT2D eigenvalue weighted by Gasteiger charge is -2.06. The Hall–Kier alpha value is -3.41. The van der Waals surface area contributed by atoms with Crippen molar-refractivity contribution in [3.05, 3.63) is 84.1 Å². The molecule has 5 nitrogen and oxygen atoms in total. The third-order valence-corrected chi connectivity index (χ3v) is 4.01. The van der Waals surface area contributed by atoms with Gasteiger partial charge in [0.15, 0.2) is 0 Å². The highest BCUT2D eigenvalue weighted by Crippen LogP contribution is 2.18. The van der Waals surface area contributed by atoms with Gasteiger partial charge in [-0.25, -0.2) is 9.07 Å². The average molecular weight is 334 g/mol. The molecule has 2 aromatic carbocycles. The van der Waals surface area contributed by atoms with Crippen LogP contribution in [0, 0.1) is 5.82 Å². The van der Waals surface area contributed by atoms with E-state index in [2.05, 4.69) is 15.4 Å². The zero-order valence-electron chi connectivity index (χ0n) is 13.2. The van der Waals surface area contributed by atoms with Crippen molar-refractivity contribution in [2.75, 3.05) is 0 Å². The van der Waals surface area contributed by atoms with Gasteiger partial charge in [0, 0.05) is 29.8 Å². The van der Waals surface area contributed by atoms with Gasteiger partial charge >= 0.3 is 0 Å². The number of nitrogens with one attached hydrogen (secondary N) is 2. The molecular formula is C19H15FN4O. The highest BCUT2D eigenvalue weighted by molar-refractivity contribution is 5.98. The zero-order valence-corrected chi connectivity index (χ0v) is 13.2. The van der Waals surface area contributed by atoms with Crippen molar-refractivity contribution in [2.45, 2.75) is 6.54 Å². The van der Waals surface area contributed by atoms with E-state index in [0.29, 0.717) is 23.1 Å². The summed E-state index contributed by atoms with van der Waals surface area (Å²) >= 11 is 0. The van der Waals surface area contributed by atoms with Gasteiger partial charge in [-0.05, 0) is 42.0 Å². The van der Waals surface area contributed by atoms with Crippen LogP contribution in [0.15, 0.2) is 67.0 Å². The van der Waals surface area contributed by atoms with E-state index in [1.54, 1.807) is 23.0 Å². The van der Waals surface area contributed by atoms with E-state index in [1.165, 1.54) is 12.1 Å². The van der Waals surface area contributed by atoms with Crippen molar-refractivity contribution >= 4 is 16.8 Å². The second-order valence-corrected chi connectivity index (χ2v) is 5.68. The number of nitrogens with zero attached hydrogens (tertiary/aromatic N) is 2. The van der Waals surface area contributed by atoms with Gasteiger partial charge in [-0.15, -0.1) is 0 Å². The number of amides is 1. The summed E-state index contributed by atoms with van der Waals surface area (Å²) < 4.78 is 15.5. The predicted molar refractivity (Wildman–Crippen MR) is 93.0 cm³/mol. The Kier molecular flexibility index (Phi) is 3.78. The molecule has 4 rings (SSSR count). The van der Waals surface area contributed by atoms with Crippen molar-refractivity contribution in [3.63, 3.8) is 0 Å². The van der Waals surface area contributed by atoms with Crippen LogP contribution >= 0.6 is 0 Å². The number of H-pyrrole nitrogens is 1. The number of aromatic amines is 1. The first-order valence-electron chi connectivity index (χ1n) is 7.85. The van der Waals surface area contributed by atoms with Crippen LogP contribution < -0.4 is 5.32 Å². The predicted octanol–water partition coefficient (Wildman–Crippen LogP) is 3.42. The maximum Gasteiger partial charge on any atom is 0.267 e. The number of hydrogen-bond donors (Lipinski definition) is 2. The minimum Gasteiger partial charge on any atom is -0.350 e. The monoisotopic (exact) mass is 334 g/mol. The first-order valence-corrected chi connectivity index (χ1v) is 7.85. The fourth-order valence-electron chi connectivity index (χ4n) is 2.71. The van der Waals surface area contributed by atoms with Gasteiger partial charge in [-0.2, -0.15) is 5.10 Å². The Labute approximate surface area is 143 Å². The van der Waals surface area contributed by atoms with Crippen LogP contribution in [0.25, 0.3) is 16.6 Å². The molecule has 0 saturated carbocycles. The van der Waals surface area contributed by atoms with Crippen molar-refractivity contribution < 1.29 is 9.18 Å². The highest BCUT2D eigenvalue weighted by Gasteiger charge is 2.11. The standard InChI is InChI=1S/C19H15FN4O/c20-16-3-1-4-17-15(16)11-18(23-17)19(25)21-12-13-5-7-14(8-6-13)24-10-2-9-22-24/h1-11,23H,12H2,(H,21,25). The summed E-state index contributed by atoms with van der Waals surface area (Å²) in [5, 5.41) is 7.42. The van der Waals surface area contributed by atoms with Crippen LogP contribution in [0.5, 0.6) is 0 Å². The maximum absolute atomic E-state index is 13.7. The number of aromatic nitrogens is 3. The van der Waals surface area contributed by atoms with Gasteiger partial charge in [0.05, 0.1) is 5.69 Å². The first-order chi connectivity index (χ1) is 12.2. The Balaban J connectivity index is 1.45. The van der Waals surface area contributed by atoms with E-state index in [1.807, 2.05) is 36.5 Å². The molecule has 0 bridgehead atoms. The molecule has 1 amide bonds. The largest absolute Gasteiger partial charge is 0.350 e. The van der Waals surface area contributed by atoms with E-state index in [0.717, 1.165) is 11.3 Å². The number of fused-ring (bicyclic) bond motifs is 1. The van der Waals surface area contributed by atoms with E-state index < -0.39 is 0 Å². The molecule has 0 atom stereocenters. The van der Waals surface area contributed by atoms with Crippen LogP contribution in [-0.2, 0) is 6.54 Å². The Morgan fingerprint density at radius 3 is 2.72 bits per heavy atom. The summed E-state index contributed by atoms with van der Waals surface area (Å²) in [6, 6.07) is 15.8. The van der Waals surface area contributed by atoms with Gasteiger partial charge in [0.1, 0.15) is 11.5 Å². The smallest absolute Gasteiger partial charge is 0.267 e. The van der Waals surface area contributed by atoms with Crippen molar-refractivity contribution in [3.8, 4) is 5.69 Å². The molecule has 0 spiro atoms. The van der Waals surface area contributed by atoms with Crippen molar-refractivity contribution in [2.24, 2.45) is 0 Å². The topological polar surface area (TPSA) is 62.7 Å². The molecule has 0 aliphatic heterocycles. The number of carbonyl (C=O) groups excluding carboxylic acids is 1. The lowest BCUT2D eigenvalue weighted by Crippen LogP contribution is -2.23. The van der Waals surface area contributed by atoms with Gasteiger partial charge in [-0.3, -0.25) is 4.79 Å². The molecule has 124 valence electrons. The summed E-state index contributed by atoms with van der Waals surface area (Å²) in [6.07, 6.45) is 3.59. The second-order valence-electron chi connectivity index (χ2n) is 5.68. The molecule has 0 radical (unpaired) electrons. The van der Waals surface area contributed by atoms with E-state index in [4.69, 9.17) is 0 Å². The van der Waals surface area contributed by atoms with E-state index >= 15 is 0 Å². The normalized spacial score (nSPS) is 10.9. The van der Waals surface area contributed by atoms with Crippen LogP contribution in [0.3, 0.4) is 0 Å². The molecule has 4 aromatic rings. The van der Waals surface area contributed by atoms with Crippen LogP contribution in [-0.4, -0.2) is 20.7 Å². The molecule has 0 aliphatic carbocycles. The van der Waals surface area contributed by atoms with Crippen LogP contribution in [0.1, 0.15) is 16.1 Å². The highest BCUT2D eigenvalue weighted by atomic mass is 19.1. The van der Waals surface area contributed by atoms with Gasteiger partial charge in [0.25, 0.3) is 5.91 Å². The Morgan fingerprint density at radius 1 is 1.16 bits per heavy atom. The third kappa shape index (κ3) is 3.01. The van der Waals surface area contributed by atoms with Gasteiger partial charge < -0.3 is 10.3 Å².